The van der Waals surface area contributed by atoms with Crippen molar-refractivity contribution in [1.82, 2.24) is 9.03 Å². The molecule has 1 fully saturated rings. The van der Waals surface area contributed by atoms with Gasteiger partial charge in [-0.15, -0.1) is 0 Å². The summed E-state index contributed by atoms with van der Waals surface area (Å²) in [5.74, 6) is 0. The fraction of sp³-hybridized carbons (Fsp3) is 1.00. The van der Waals surface area contributed by atoms with Gasteiger partial charge in [-0.05, 0) is 26.2 Å². The summed E-state index contributed by atoms with van der Waals surface area (Å²) in [6.07, 6.45) is 2.85. The van der Waals surface area contributed by atoms with Crippen LogP contribution in [0.25, 0.3) is 0 Å². The van der Waals surface area contributed by atoms with E-state index in [4.69, 9.17) is 0 Å². The van der Waals surface area contributed by atoms with Gasteiger partial charge in [0.2, 0.25) is 0 Å². The summed E-state index contributed by atoms with van der Waals surface area (Å²) >= 11 is 0. The van der Waals surface area contributed by atoms with Crippen molar-refractivity contribution >= 4 is 10.2 Å². The average molecular weight is 250 g/mol. The second kappa shape index (κ2) is 5.95. The number of rotatable bonds is 5. The summed E-state index contributed by atoms with van der Waals surface area (Å²) in [6.45, 7) is 4.44. The van der Waals surface area contributed by atoms with Crippen LogP contribution in [-0.2, 0) is 10.2 Å². The van der Waals surface area contributed by atoms with Crippen molar-refractivity contribution in [2.75, 3.05) is 13.1 Å². The fourth-order valence-corrected chi connectivity index (χ4v) is 3.67. The Bertz CT molecular complexity index is 303. The van der Waals surface area contributed by atoms with Crippen molar-refractivity contribution in [2.45, 2.75) is 51.7 Å². The normalized spacial score (nSPS) is 25.6. The zero-order valence-electron chi connectivity index (χ0n) is 10.0. The van der Waals surface area contributed by atoms with Gasteiger partial charge in [0.25, 0.3) is 10.2 Å². The van der Waals surface area contributed by atoms with Crippen molar-refractivity contribution in [3.05, 3.63) is 0 Å². The summed E-state index contributed by atoms with van der Waals surface area (Å²) in [7, 11) is -3.36. The van der Waals surface area contributed by atoms with Gasteiger partial charge in [-0.25, -0.2) is 4.72 Å². The molecular formula is C10H22N2O3S. The summed E-state index contributed by atoms with van der Waals surface area (Å²) in [5.41, 5.74) is 0. The highest BCUT2D eigenvalue weighted by atomic mass is 32.2. The number of hydrogen-bond donors (Lipinski definition) is 2. The summed E-state index contributed by atoms with van der Waals surface area (Å²) in [6, 6.07) is -0.0576. The van der Waals surface area contributed by atoms with Gasteiger partial charge in [-0.1, -0.05) is 13.3 Å². The molecule has 1 aliphatic rings. The maximum atomic E-state index is 11.9. The van der Waals surface area contributed by atoms with E-state index in [1.165, 1.54) is 4.31 Å². The molecule has 16 heavy (non-hydrogen) atoms. The maximum absolute atomic E-state index is 11.9. The fourth-order valence-electron chi connectivity index (χ4n) is 2.19. The van der Waals surface area contributed by atoms with Crippen molar-refractivity contribution < 1.29 is 13.5 Å². The van der Waals surface area contributed by atoms with Gasteiger partial charge >= 0.3 is 0 Å². The first-order chi connectivity index (χ1) is 7.47. The summed E-state index contributed by atoms with van der Waals surface area (Å²) in [4.78, 5) is 0. The first kappa shape index (κ1) is 13.9. The van der Waals surface area contributed by atoms with Crippen LogP contribution in [0, 0.1) is 0 Å². The van der Waals surface area contributed by atoms with Gasteiger partial charge < -0.3 is 5.11 Å². The van der Waals surface area contributed by atoms with E-state index in [0.717, 1.165) is 19.3 Å². The van der Waals surface area contributed by atoms with Gasteiger partial charge in [-0.2, -0.15) is 12.7 Å². The number of nitrogens with zero attached hydrogens (tertiary/aromatic N) is 1. The Kier molecular flexibility index (Phi) is 5.17. The first-order valence-electron chi connectivity index (χ1n) is 5.92. The lowest BCUT2D eigenvalue weighted by atomic mass is 10.00. The predicted octanol–water partition coefficient (Wildman–Crippen LogP) is 0.466. The zero-order chi connectivity index (χ0) is 12.2. The Hall–Kier alpha value is -0.170. The summed E-state index contributed by atoms with van der Waals surface area (Å²) < 4.78 is 27.8. The molecule has 0 aliphatic carbocycles. The number of aliphatic hydroxyl groups is 1. The largest absolute Gasteiger partial charge is 0.393 e. The van der Waals surface area contributed by atoms with E-state index < -0.39 is 16.3 Å². The number of aliphatic hydroxyl groups excluding tert-OH is 1. The quantitative estimate of drug-likeness (QED) is 0.745. The Labute approximate surface area is 98.0 Å². The van der Waals surface area contributed by atoms with Crippen LogP contribution in [0.15, 0.2) is 0 Å². The molecule has 96 valence electrons. The van der Waals surface area contributed by atoms with Crippen molar-refractivity contribution in [3.8, 4) is 0 Å². The number of hydrogen-bond acceptors (Lipinski definition) is 3. The van der Waals surface area contributed by atoms with Crippen molar-refractivity contribution in [2.24, 2.45) is 0 Å². The molecule has 0 aromatic rings. The van der Waals surface area contributed by atoms with Crippen LogP contribution in [0.3, 0.4) is 0 Å². The van der Waals surface area contributed by atoms with Gasteiger partial charge in [0.05, 0.1) is 6.10 Å². The minimum atomic E-state index is -3.36. The van der Waals surface area contributed by atoms with Crippen molar-refractivity contribution in [1.29, 1.82) is 0 Å². The highest BCUT2D eigenvalue weighted by molar-refractivity contribution is 7.87. The Morgan fingerprint density at radius 2 is 2.19 bits per heavy atom. The number of nitrogens with one attached hydrogen (secondary N) is 1. The van der Waals surface area contributed by atoms with E-state index in [9.17, 15) is 13.5 Å². The maximum Gasteiger partial charge on any atom is 0.279 e. The third kappa shape index (κ3) is 3.69. The third-order valence-corrected chi connectivity index (χ3v) is 4.57. The Morgan fingerprint density at radius 1 is 1.50 bits per heavy atom. The molecule has 2 atom stereocenters. The van der Waals surface area contributed by atoms with Crippen LogP contribution in [0.2, 0.25) is 0 Å². The first-order valence-corrected chi connectivity index (χ1v) is 7.36. The van der Waals surface area contributed by atoms with Crippen molar-refractivity contribution in [3.63, 3.8) is 0 Å². The van der Waals surface area contributed by atoms with Gasteiger partial charge in [0.15, 0.2) is 0 Å². The molecular weight excluding hydrogens is 228 g/mol. The Morgan fingerprint density at radius 3 is 2.75 bits per heavy atom. The lowest BCUT2D eigenvalue weighted by molar-refractivity contribution is 0.131. The minimum Gasteiger partial charge on any atom is -0.393 e. The molecule has 0 aromatic heterocycles. The molecule has 6 heteroatoms. The van der Waals surface area contributed by atoms with Crippen LogP contribution in [0.4, 0.5) is 0 Å². The SMILES string of the molecule is CCNS(=O)(=O)N1CCCCC1CC(C)O. The summed E-state index contributed by atoms with van der Waals surface area (Å²) in [5, 5.41) is 9.38. The van der Waals surface area contributed by atoms with Crippen LogP contribution >= 0.6 is 0 Å². The van der Waals surface area contributed by atoms with Gasteiger partial charge in [-0.3, -0.25) is 0 Å². The molecule has 1 rings (SSSR count). The minimum absolute atomic E-state index is 0.0576. The van der Waals surface area contributed by atoms with E-state index in [2.05, 4.69) is 4.72 Å². The Balaban J connectivity index is 2.73. The van der Waals surface area contributed by atoms with E-state index in [1.807, 2.05) is 0 Å². The molecule has 1 heterocycles. The lowest BCUT2D eigenvalue weighted by Crippen LogP contribution is -2.49. The molecule has 2 N–H and O–H groups in total. The molecule has 5 nitrogen and oxygen atoms in total. The van der Waals surface area contributed by atoms with Gasteiger partial charge in [0, 0.05) is 19.1 Å². The van der Waals surface area contributed by atoms with Crippen LogP contribution < -0.4 is 4.72 Å². The molecule has 0 aromatic carbocycles. The number of piperidine rings is 1. The molecule has 1 saturated heterocycles. The predicted molar refractivity (Wildman–Crippen MR) is 63.2 cm³/mol. The molecule has 0 amide bonds. The molecule has 1 aliphatic heterocycles. The topological polar surface area (TPSA) is 69.6 Å². The van der Waals surface area contributed by atoms with E-state index in [1.54, 1.807) is 13.8 Å². The molecule has 0 radical (unpaired) electrons. The molecule has 2 unspecified atom stereocenters. The van der Waals surface area contributed by atoms with E-state index in [0.29, 0.717) is 19.5 Å². The van der Waals surface area contributed by atoms with Crippen LogP contribution in [0.1, 0.15) is 39.5 Å². The molecule has 0 saturated carbocycles. The second-order valence-corrected chi connectivity index (χ2v) is 6.06. The smallest absolute Gasteiger partial charge is 0.279 e. The highest BCUT2D eigenvalue weighted by Crippen LogP contribution is 2.23. The molecule has 0 spiro atoms. The second-order valence-electron chi connectivity index (χ2n) is 4.35. The van der Waals surface area contributed by atoms with Gasteiger partial charge in [0.1, 0.15) is 0 Å². The highest BCUT2D eigenvalue weighted by Gasteiger charge is 2.32. The average Bonchev–Trinajstić information content (AvgIpc) is 2.17. The lowest BCUT2D eigenvalue weighted by Gasteiger charge is -2.35. The standard InChI is InChI=1S/C10H22N2O3S/c1-3-11-16(14,15)12-7-5-4-6-10(12)8-9(2)13/h9-11,13H,3-8H2,1-2H3. The zero-order valence-corrected chi connectivity index (χ0v) is 10.8. The monoisotopic (exact) mass is 250 g/mol. The third-order valence-electron chi connectivity index (χ3n) is 2.82. The van der Waals surface area contributed by atoms with Crippen LogP contribution in [-0.4, -0.2) is 43.1 Å². The van der Waals surface area contributed by atoms with Crippen LogP contribution in [0.5, 0.6) is 0 Å². The van der Waals surface area contributed by atoms with E-state index >= 15 is 0 Å². The molecule has 0 bridgehead atoms. The van der Waals surface area contributed by atoms with E-state index in [-0.39, 0.29) is 6.04 Å².